The van der Waals surface area contributed by atoms with Gasteiger partial charge in [-0.2, -0.15) is 0 Å². The number of amides is 1. The van der Waals surface area contributed by atoms with E-state index in [0.717, 1.165) is 69.1 Å². The summed E-state index contributed by atoms with van der Waals surface area (Å²) >= 11 is 0. The minimum atomic E-state index is -0.197. The molecular formula is C29H36FN7O2. The quantitative estimate of drug-likeness (QED) is 0.478. The van der Waals surface area contributed by atoms with Gasteiger partial charge in [-0.15, -0.1) is 10.2 Å². The van der Waals surface area contributed by atoms with Gasteiger partial charge in [0.15, 0.2) is 11.5 Å². The molecule has 39 heavy (non-hydrogen) atoms. The zero-order valence-corrected chi connectivity index (χ0v) is 22.3. The average Bonchev–Trinajstić information content (AvgIpc) is 3.00. The number of carbonyl (C=O) groups excluding carboxylic acids is 1. The van der Waals surface area contributed by atoms with Gasteiger partial charge in [-0.05, 0) is 12.1 Å². The molecule has 0 aliphatic carbocycles. The number of ether oxygens (including phenoxy) is 1. The summed E-state index contributed by atoms with van der Waals surface area (Å²) in [6, 6.07) is 14.8. The van der Waals surface area contributed by atoms with Crippen molar-refractivity contribution in [2.24, 2.45) is 0 Å². The Morgan fingerprint density at radius 3 is 2.05 bits per heavy atom. The van der Waals surface area contributed by atoms with Gasteiger partial charge in [0.1, 0.15) is 5.82 Å². The van der Waals surface area contributed by atoms with Crippen molar-refractivity contribution in [2.75, 3.05) is 102 Å². The highest BCUT2D eigenvalue weighted by Crippen LogP contribution is 2.29. The van der Waals surface area contributed by atoms with E-state index in [2.05, 4.69) is 29.8 Å². The van der Waals surface area contributed by atoms with Crippen molar-refractivity contribution in [3.63, 3.8) is 0 Å². The summed E-state index contributed by atoms with van der Waals surface area (Å²) in [5.74, 6) is 0.530. The van der Waals surface area contributed by atoms with E-state index >= 15 is 0 Å². The van der Waals surface area contributed by atoms with Crippen LogP contribution in [0.15, 0.2) is 48.5 Å². The van der Waals surface area contributed by atoms with Crippen LogP contribution in [0.4, 0.5) is 15.9 Å². The Labute approximate surface area is 228 Å². The first kappa shape index (κ1) is 25.9. The van der Waals surface area contributed by atoms with Gasteiger partial charge in [-0.25, -0.2) is 4.39 Å². The molecule has 2 aromatic carbocycles. The minimum Gasteiger partial charge on any atom is -0.379 e. The Kier molecular flexibility index (Phi) is 7.85. The maximum Gasteiger partial charge on any atom is 0.275 e. The number of nitrogens with zero attached hydrogens (tertiary/aromatic N) is 7. The minimum absolute atomic E-state index is 0.0533. The van der Waals surface area contributed by atoms with Gasteiger partial charge >= 0.3 is 0 Å². The molecule has 10 heteroatoms. The van der Waals surface area contributed by atoms with E-state index in [1.54, 1.807) is 6.07 Å². The lowest BCUT2D eigenvalue weighted by atomic mass is 10.1. The van der Waals surface area contributed by atoms with E-state index < -0.39 is 0 Å². The number of benzene rings is 2. The highest BCUT2D eigenvalue weighted by molar-refractivity contribution is 6.07. The normalized spacial score (nSPS) is 19.6. The van der Waals surface area contributed by atoms with Crippen LogP contribution in [0.1, 0.15) is 10.5 Å². The second-order valence-corrected chi connectivity index (χ2v) is 10.4. The van der Waals surface area contributed by atoms with Crippen molar-refractivity contribution in [3.05, 3.63) is 60.0 Å². The lowest BCUT2D eigenvalue weighted by Crippen LogP contribution is -2.51. The Morgan fingerprint density at radius 2 is 1.33 bits per heavy atom. The molecule has 6 rings (SSSR count). The fraction of sp³-hybridized carbons (Fsp3) is 0.483. The van der Waals surface area contributed by atoms with E-state index in [-0.39, 0.29) is 11.7 Å². The lowest BCUT2D eigenvalue weighted by molar-refractivity contribution is 0.0293. The summed E-state index contributed by atoms with van der Waals surface area (Å²) in [5.41, 5.74) is 1.05. The van der Waals surface area contributed by atoms with Gasteiger partial charge in [-0.3, -0.25) is 14.6 Å². The molecule has 0 atom stereocenters. The number of hydrogen-bond donors (Lipinski definition) is 0. The number of carbonyl (C=O) groups is 1. The number of hydrogen-bond acceptors (Lipinski definition) is 8. The number of fused-ring (bicyclic) bond motifs is 1. The van der Waals surface area contributed by atoms with Gasteiger partial charge < -0.3 is 19.4 Å². The predicted molar refractivity (Wildman–Crippen MR) is 150 cm³/mol. The number of morpholine rings is 1. The molecule has 3 aliphatic rings. The molecule has 206 valence electrons. The van der Waals surface area contributed by atoms with Gasteiger partial charge in [0, 0.05) is 89.3 Å². The molecular weight excluding hydrogens is 497 g/mol. The van der Waals surface area contributed by atoms with Gasteiger partial charge in [-0.1, -0.05) is 36.4 Å². The van der Waals surface area contributed by atoms with Crippen molar-refractivity contribution in [3.8, 4) is 0 Å². The van der Waals surface area contributed by atoms with E-state index in [9.17, 15) is 9.18 Å². The third kappa shape index (κ3) is 5.68. The number of rotatable bonds is 6. The molecule has 3 aromatic rings. The fourth-order valence-corrected chi connectivity index (χ4v) is 5.78. The van der Waals surface area contributed by atoms with Gasteiger partial charge in [0.2, 0.25) is 0 Å². The van der Waals surface area contributed by atoms with Crippen LogP contribution in [0, 0.1) is 5.82 Å². The van der Waals surface area contributed by atoms with Crippen molar-refractivity contribution in [2.45, 2.75) is 0 Å². The van der Waals surface area contributed by atoms with E-state index in [1.807, 2.05) is 41.3 Å². The molecule has 0 saturated carbocycles. The standard InChI is InChI=1S/C29H36FN7O2/c30-25-7-3-4-8-26(25)35-15-17-36(18-16-35)28-24-6-2-1-5-23(24)27(31-32-28)29(38)37-13-11-33(12-14-37)9-10-34-19-21-39-22-20-34/h1-8H,9-22H2. The Morgan fingerprint density at radius 1 is 0.718 bits per heavy atom. The highest BCUT2D eigenvalue weighted by atomic mass is 19.1. The van der Waals surface area contributed by atoms with Crippen LogP contribution in [0.2, 0.25) is 0 Å². The Bertz CT molecular complexity index is 1290. The third-order valence-corrected chi connectivity index (χ3v) is 8.14. The maximum atomic E-state index is 14.3. The zero-order valence-electron chi connectivity index (χ0n) is 22.3. The lowest BCUT2D eigenvalue weighted by Gasteiger charge is -2.37. The molecule has 9 nitrogen and oxygen atoms in total. The van der Waals surface area contributed by atoms with Crippen molar-refractivity contribution < 1.29 is 13.9 Å². The van der Waals surface area contributed by atoms with Crippen LogP contribution in [0.5, 0.6) is 0 Å². The number of aromatic nitrogens is 2. The number of piperazine rings is 2. The number of halogens is 1. The Balaban J connectivity index is 1.10. The van der Waals surface area contributed by atoms with Crippen LogP contribution in [-0.2, 0) is 4.74 Å². The molecule has 0 N–H and O–H groups in total. The van der Waals surface area contributed by atoms with Crippen LogP contribution in [0.3, 0.4) is 0 Å². The summed E-state index contributed by atoms with van der Waals surface area (Å²) < 4.78 is 19.7. The molecule has 0 unspecified atom stereocenters. The van der Waals surface area contributed by atoms with E-state index in [4.69, 9.17) is 4.74 Å². The Hall–Kier alpha value is -3.34. The van der Waals surface area contributed by atoms with Crippen LogP contribution < -0.4 is 9.80 Å². The summed E-state index contributed by atoms with van der Waals surface area (Å²) in [6.07, 6.45) is 0. The van der Waals surface area contributed by atoms with Gasteiger partial charge in [0.25, 0.3) is 5.91 Å². The molecule has 0 bridgehead atoms. The first-order valence-corrected chi connectivity index (χ1v) is 14.0. The van der Waals surface area contributed by atoms with E-state index in [0.29, 0.717) is 50.6 Å². The molecule has 1 aromatic heterocycles. The van der Waals surface area contributed by atoms with Crippen molar-refractivity contribution >= 4 is 28.2 Å². The molecule has 0 radical (unpaired) electrons. The molecule has 3 saturated heterocycles. The fourth-order valence-electron chi connectivity index (χ4n) is 5.78. The summed E-state index contributed by atoms with van der Waals surface area (Å²) in [6.45, 7) is 11.6. The second kappa shape index (κ2) is 11.8. The SMILES string of the molecule is O=C(c1nnc(N2CCN(c3ccccc3F)CC2)c2ccccc12)N1CCN(CCN2CCOCC2)CC1. The third-order valence-electron chi connectivity index (χ3n) is 8.14. The molecule has 1 amide bonds. The van der Waals surface area contributed by atoms with E-state index in [1.165, 1.54) is 6.07 Å². The smallest absolute Gasteiger partial charge is 0.275 e. The van der Waals surface area contributed by atoms with Crippen molar-refractivity contribution in [1.29, 1.82) is 0 Å². The monoisotopic (exact) mass is 533 g/mol. The molecule has 4 heterocycles. The van der Waals surface area contributed by atoms with Crippen molar-refractivity contribution in [1.82, 2.24) is 24.9 Å². The van der Waals surface area contributed by atoms with Crippen LogP contribution in [0.25, 0.3) is 10.8 Å². The number of para-hydroxylation sites is 1. The number of anilines is 2. The summed E-state index contributed by atoms with van der Waals surface area (Å²) in [4.78, 5) is 24.6. The first-order valence-electron chi connectivity index (χ1n) is 14.0. The molecule has 3 fully saturated rings. The predicted octanol–water partition coefficient (Wildman–Crippen LogP) is 2.19. The molecule has 0 spiro atoms. The van der Waals surface area contributed by atoms with Crippen LogP contribution in [-0.4, -0.2) is 123 Å². The second-order valence-electron chi connectivity index (χ2n) is 10.4. The largest absolute Gasteiger partial charge is 0.379 e. The summed E-state index contributed by atoms with van der Waals surface area (Å²) in [7, 11) is 0. The zero-order chi connectivity index (χ0) is 26.6. The van der Waals surface area contributed by atoms with Gasteiger partial charge in [0.05, 0.1) is 18.9 Å². The molecule has 3 aliphatic heterocycles. The maximum absolute atomic E-state index is 14.3. The highest BCUT2D eigenvalue weighted by Gasteiger charge is 2.28. The first-order chi connectivity index (χ1) is 19.2. The topological polar surface area (TPSA) is 68.3 Å². The average molecular weight is 534 g/mol. The van der Waals surface area contributed by atoms with Crippen LogP contribution >= 0.6 is 0 Å². The summed E-state index contributed by atoms with van der Waals surface area (Å²) in [5, 5.41) is 10.8.